The number of carbonyl (C=O) groups is 1. The molecule has 140 valence electrons. The Hall–Kier alpha value is -2.93. The van der Waals surface area contributed by atoms with Crippen LogP contribution in [0.1, 0.15) is 22.8 Å². The Bertz CT molecular complexity index is 938. The van der Waals surface area contributed by atoms with E-state index in [1.807, 2.05) is 56.3 Å². The zero-order valence-corrected chi connectivity index (χ0v) is 16.5. The fourth-order valence-electron chi connectivity index (χ4n) is 2.63. The number of amides is 1. The Balaban J connectivity index is 1.89. The van der Waals surface area contributed by atoms with Gasteiger partial charge in [0.25, 0.3) is 5.91 Å². The summed E-state index contributed by atoms with van der Waals surface area (Å²) in [4.78, 5) is 14.5. The Morgan fingerprint density at radius 1 is 1.04 bits per heavy atom. The molecule has 6 nitrogen and oxygen atoms in total. The highest BCUT2D eigenvalue weighted by Crippen LogP contribution is 2.35. The first-order valence-corrected chi connectivity index (χ1v) is 9.33. The number of anilines is 1. The zero-order chi connectivity index (χ0) is 19.4. The van der Waals surface area contributed by atoms with Crippen molar-refractivity contribution < 1.29 is 14.3 Å². The highest BCUT2D eigenvalue weighted by Gasteiger charge is 2.21. The van der Waals surface area contributed by atoms with Gasteiger partial charge in [0.05, 0.1) is 14.2 Å². The number of nitrogens with zero attached hydrogens (tertiary/aromatic N) is 3. The van der Waals surface area contributed by atoms with Crippen molar-refractivity contribution in [3.05, 3.63) is 53.6 Å². The lowest BCUT2D eigenvalue weighted by Gasteiger charge is -2.17. The number of carbonyl (C=O) groups excluding carboxylic acids is 1. The molecule has 0 aliphatic heterocycles. The van der Waals surface area contributed by atoms with Crippen molar-refractivity contribution in [2.24, 2.45) is 0 Å². The van der Waals surface area contributed by atoms with Crippen molar-refractivity contribution in [3.8, 4) is 22.1 Å². The van der Waals surface area contributed by atoms with Gasteiger partial charge < -0.3 is 9.47 Å². The molecule has 0 radical (unpaired) electrons. The minimum absolute atomic E-state index is 0.0903. The van der Waals surface area contributed by atoms with Crippen LogP contribution in [0.3, 0.4) is 0 Å². The Kier molecular flexibility index (Phi) is 5.71. The van der Waals surface area contributed by atoms with Crippen molar-refractivity contribution in [2.45, 2.75) is 13.8 Å². The molecule has 7 heteroatoms. The van der Waals surface area contributed by atoms with Crippen LogP contribution in [0.5, 0.6) is 11.5 Å². The molecule has 1 amide bonds. The summed E-state index contributed by atoms with van der Waals surface area (Å²) in [5, 5.41) is 9.75. The first kappa shape index (κ1) is 18.8. The van der Waals surface area contributed by atoms with E-state index in [0.29, 0.717) is 33.7 Å². The molecular formula is C20H21N3O3S. The zero-order valence-electron chi connectivity index (χ0n) is 15.7. The molecule has 0 atom stereocenters. The van der Waals surface area contributed by atoms with Crippen LogP contribution >= 0.6 is 11.3 Å². The monoisotopic (exact) mass is 383 g/mol. The maximum atomic E-state index is 12.8. The van der Waals surface area contributed by atoms with Crippen LogP contribution in [0.4, 0.5) is 5.13 Å². The SMILES string of the molecule is CCN(C(=O)c1ccc(C)cc1)c1nnc(-c2ccc(OC)c(OC)c2)s1. The number of ether oxygens (including phenoxy) is 2. The molecule has 0 unspecified atom stereocenters. The Morgan fingerprint density at radius 2 is 1.74 bits per heavy atom. The maximum absolute atomic E-state index is 12.8. The molecule has 0 fully saturated rings. The quantitative estimate of drug-likeness (QED) is 0.638. The van der Waals surface area contributed by atoms with Gasteiger partial charge in [0.1, 0.15) is 5.01 Å². The smallest absolute Gasteiger partial charge is 0.260 e. The number of methoxy groups -OCH3 is 2. The van der Waals surface area contributed by atoms with E-state index < -0.39 is 0 Å². The second-order valence-corrected chi connectivity index (χ2v) is 6.83. The average Bonchev–Trinajstić information content (AvgIpc) is 3.18. The van der Waals surface area contributed by atoms with Gasteiger partial charge in [-0.1, -0.05) is 29.0 Å². The molecule has 3 rings (SSSR count). The van der Waals surface area contributed by atoms with E-state index in [9.17, 15) is 4.79 Å². The van der Waals surface area contributed by atoms with Crippen LogP contribution in [-0.4, -0.2) is 36.9 Å². The van der Waals surface area contributed by atoms with Crippen molar-refractivity contribution in [3.63, 3.8) is 0 Å². The summed E-state index contributed by atoms with van der Waals surface area (Å²) in [7, 11) is 3.18. The molecule has 3 aromatic rings. The van der Waals surface area contributed by atoms with E-state index in [2.05, 4.69) is 10.2 Å². The highest BCUT2D eigenvalue weighted by molar-refractivity contribution is 7.18. The summed E-state index contributed by atoms with van der Waals surface area (Å²) in [6, 6.07) is 13.1. The summed E-state index contributed by atoms with van der Waals surface area (Å²) in [6.07, 6.45) is 0. The van der Waals surface area contributed by atoms with Crippen LogP contribution in [-0.2, 0) is 0 Å². The number of aryl methyl sites for hydroxylation is 1. The number of hydrogen-bond acceptors (Lipinski definition) is 6. The van der Waals surface area contributed by atoms with E-state index in [1.54, 1.807) is 19.1 Å². The van der Waals surface area contributed by atoms with E-state index in [4.69, 9.17) is 9.47 Å². The van der Waals surface area contributed by atoms with E-state index >= 15 is 0 Å². The molecule has 0 saturated heterocycles. The first-order chi connectivity index (χ1) is 13.1. The third-order valence-corrected chi connectivity index (χ3v) is 5.13. The standard InChI is InChI=1S/C20H21N3O3S/c1-5-23(19(24)14-8-6-13(2)7-9-14)20-22-21-18(27-20)15-10-11-16(25-3)17(12-15)26-4/h6-12H,5H2,1-4H3. The highest BCUT2D eigenvalue weighted by atomic mass is 32.1. The lowest BCUT2D eigenvalue weighted by Crippen LogP contribution is -2.30. The van der Waals surface area contributed by atoms with Gasteiger partial charge in [-0.2, -0.15) is 0 Å². The van der Waals surface area contributed by atoms with Crippen LogP contribution in [0.25, 0.3) is 10.6 Å². The molecule has 27 heavy (non-hydrogen) atoms. The normalized spacial score (nSPS) is 10.5. The van der Waals surface area contributed by atoms with E-state index in [-0.39, 0.29) is 5.91 Å². The van der Waals surface area contributed by atoms with Gasteiger partial charge in [-0.3, -0.25) is 9.69 Å². The van der Waals surface area contributed by atoms with Gasteiger partial charge in [-0.25, -0.2) is 0 Å². The minimum Gasteiger partial charge on any atom is -0.493 e. The number of rotatable bonds is 6. The molecule has 0 N–H and O–H groups in total. The number of aromatic nitrogens is 2. The van der Waals surface area contributed by atoms with E-state index in [1.165, 1.54) is 11.3 Å². The van der Waals surface area contributed by atoms with Crippen LogP contribution in [0.15, 0.2) is 42.5 Å². The Morgan fingerprint density at radius 3 is 2.37 bits per heavy atom. The fourth-order valence-corrected chi connectivity index (χ4v) is 3.53. The fraction of sp³-hybridized carbons (Fsp3) is 0.250. The van der Waals surface area contributed by atoms with E-state index in [0.717, 1.165) is 11.1 Å². The molecule has 2 aromatic carbocycles. The molecule has 0 bridgehead atoms. The summed E-state index contributed by atoms with van der Waals surface area (Å²) in [6.45, 7) is 4.42. The second-order valence-electron chi connectivity index (χ2n) is 5.87. The topological polar surface area (TPSA) is 64.6 Å². The average molecular weight is 383 g/mol. The molecule has 0 saturated carbocycles. The van der Waals surface area contributed by atoms with Gasteiger partial charge >= 0.3 is 0 Å². The molecule has 0 aliphatic carbocycles. The van der Waals surface area contributed by atoms with Crippen molar-refractivity contribution in [2.75, 3.05) is 25.7 Å². The maximum Gasteiger partial charge on any atom is 0.260 e. The van der Waals surface area contributed by atoms with Crippen molar-refractivity contribution in [1.29, 1.82) is 0 Å². The largest absolute Gasteiger partial charge is 0.493 e. The second kappa shape index (κ2) is 8.18. The van der Waals surface area contributed by atoms with Crippen molar-refractivity contribution in [1.82, 2.24) is 10.2 Å². The third kappa shape index (κ3) is 3.93. The van der Waals surface area contributed by atoms with Crippen LogP contribution < -0.4 is 14.4 Å². The number of benzene rings is 2. The predicted molar refractivity (Wildman–Crippen MR) is 107 cm³/mol. The lowest BCUT2D eigenvalue weighted by molar-refractivity contribution is 0.0988. The van der Waals surface area contributed by atoms with Crippen LogP contribution in [0, 0.1) is 6.92 Å². The minimum atomic E-state index is -0.0903. The van der Waals surface area contributed by atoms with Gasteiger partial charge in [0.15, 0.2) is 11.5 Å². The van der Waals surface area contributed by atoms with Gasteiger partial charge in [-0.15, -0.1) is 10.2 Å². The first-order valence-electron chi connectivity index (χ1n) is 8.51. The van der Waals surface area contributed by atoms with Gasteiger partial charge in [0, 0.05) is 17.7 Å². The van der Waals surface area contributed by atoms with Gasteiger partial charge in [0.2, 0.25) is 5.13 Å². The van der Waals surface area contributed by atoms with Crippen molar-refractivity contribution >= 4 is 22.4 Å². The summed E-state index contributed by atoms with van der Waals surface area (Å²) >= 11 is 1.36. The molecule has 0 aliphatic rings. The summed E-state index contributed by atoms with van der Waals surface area (Å²) in [5.74, 6) is 1.18. The summed E-state index contributed by atoms with van der Waals surface area (Å²) < 4.78 is 10.6. The lowest BCUT2D eigenvalue weighted by atomic mass is 10.1. The van der Waals surface area contributed by atoms with Gasteiger partial charge in [-0.05, 0) is 44.2 Å². The number of hydrogen-bond donors (Lipinski definition) is 0. The predicted octanol–water partition coefficient (Wildman–Crippen LogP) is 4.20. The van der Waals surface area contributed by atoms with Crippen LogP contribution in [0.2, 0.25) is 0 Å². The molecule has 1 heterocycles. The molecule has 1 aromatic heterocycles. The molecule has 0 spiro atoms. The molecular weight excluding hydrogens is 362 g/mol. The summed E-state index contributed by atoms with van der Waals surface area (Å²) in [5.41, 5.74) is 2.60. The Labute approximate surface area is 162 Å². The third-order valence-electron chi connectivity index (χ3n) is 4.14.